The van der Waals surface area contributed by atoms with Crippen molar-refractivity contribution >= 4 is 28.3 Å². The lowest BCUT2D eigenvalue weighted by Gasteiger charge is -2.37. The Balaban J connectivity index is 1.55. The Morgan fingerprint density at radius 2 is 1.91 bits per heavy atom. The fourth-order valence-electron chi connectivity index (χ4n) is 4.10. The van der Waals surface area contributed by atoms with Crippen LogP contribution in [0.1, 0.15) is 47.6 Å². The van der Waals surface area contributed by atoms with E-state index >= 15 is 0 Å². The lowest BCUT2D eigenvalue weighted by molar-refractivity contribution is -0.0641. The third-order valence-electron chi connectivity index (χ3n) is 5.83. The maximum absolute atomic E-state index is 13.7. The Bertz CT molecular complexity index is 1100. The maximum atomic E-state index is 13.7. The number of hydrogen-bond acceptors (Lipinski definition) is 6. The Labute approximate surface area is 189 Å². The average Bonchev–Trinajstić information content (AvgIpc) is 2.79. The highest BCUT2D eigenvalue weighted by Crippen LogP contribution is 2.35. The molecule has 3 aromatic rings. The van der Waals surface area contributed by atoms with Gasteiger partial charge in [-0.05, 0) is 24.6 Å². The molecule has 2 aromatic heterocycles. The molecule has 0 spiro atoms. The highest BCUT2D eigenvalue weighted by molar-refractivity contribution is 6.29. The van der Waals surface area contributed by atoms with Crippen LogP contribution < -0.4 is 4.74 Å². The molecule has 0 saturated carbocycles. The number of likely N-dealkylation sites (tertiary alicyclic amines) is 1. The molecule has 1 atom stereocenters. The maximum Gasteiger partial charge on any atom is 0.316 e. The van der Waals surface area contributed by atoms with Gasteiger partial charge in [0.05, 0.1) is 12.6 Å². The molecule has 1 aromatic carbocycles. The molecule has 0 aliphatic carbocycles. The van der Waals surface area contributed by atoms with Gasteiger partial charge in [0.1, 0.15) is 5.15 Å². The van der Waals surface area contributed by atoms with Crippen molar-refractivity contribution < 1.29 is 18.3 Å². The van der Waals surface area contributed by atoms with E-state index in [9.17, 15) is 13.6 Å². The first-order valence-electron chi connectivity index (χ1n) is 10.4. The van der Waals surface area contributed by atoms with Crippen LogP contribution in [0.5, 0.6) is 6.01 Å². The molecule has 1 fully saturated rings. The summed E-state index contributed by atoms with van der Waals surface area (Å²) in [6.07, 6.45) is 3.56. The SMILES string of the molecule is COc1ncc(C(CCC(=O)c2cccc3nc(Cl)ccc23)N2CCC(F)(F)CC2)cn1. The minimum Gasteiger partial charge on any atom is -0.467 e. The third kappa shape index (κ3) is 5.02. The molecule has 0 N–H and O–H groups in total. The second-order valence-corrected chi connectivity index (χ2v) is 8.27. The van der Waals surface area contributed by atoms with Gasteiger partial charge >= 0.3 is 6.01 Å². The quantitative estimate of drug-likeness (QED) is 0.360. The zero-order chi connectivity index (χ0) is 22.7. The molecule has 9 heteroatoms. The number of ketones is 1. The molecule has 0 radical (unpaired) electrons. The molecular formula is C23H23ClF2N4O2. The molecule has 3 heterocycles. The van der Waals surface area contributed by atoms with E-state index in [1.54, 1.807) is 36.7 Å². The predicted octanol–water partition coefficient (Wildman–Crippen LogP) is 5.12. The number of nitrogens with zero attached hydrogens (tertiary/aromatic N) is 4. The fraction of sp³-hybridized carbons (Fsp3) is 0.391. The van der Waals surface area contributed by atoms with Crippen LogP contribution in [0.2, 0.25) is 5.15 Å². The van der Waals surface area contributed by atoms with E-state index in [4.69, 9.17) is 16.3 Å². The van der Waals surface area contributed by atoms with Crippen molar-refractivity contribution in [3.8, 4) is 6.01 Å². The van der Waals surface area contributed by atoms with Crippen molar-refractivity contribution in [2.45, 2.75) is 37.6 Å². The Morgan fingerprint density at radius 3 is 2.59 bits per heavy atom. The second kappa shape index (κ2) is 9.42. The number of carbonyl (C=O) groups is 1. The Morgan fingerprint density at radius 1 is 1.19 bits per heavy atom. The number of pyridine rings is 1. The van der Waals surface area contributed by atoms with Crippen LogP contribution >= 0.6 is 11.6 Å². The average molecular weight is 461 g/mol. The Hall–Kier alpha value is -2.71. The number of Topliss-reactive ketones (excluding diaryl/α,β-unsaturated/α-hetero) is 1. The number of halogens is 3. The zero-order valence-corrected chi connectivity index (χ0v) is 18.4. The molecule has 32 heavy (non-hydrogen) atoms. The largest absolute Gasteiger partial charge is 0.467 e. The summed E-state index contributed by atoms with van der Waals surface area (Å²) in [5.74, 6) is -2.69. The molecule has 0 bridgehead atoms. The number of ether oxygens (including phenoxy) is 1. The number of alkyl halides is 2. The van der Waals surface area contributed by atoms with Gasteiger partial charge in [0, 0.05) is 67.3 Å². The number of carbonyl (C=O) groups excluding carboxylic acids is 1. The van der Waals surface area contributed by atoms with Crippen molar-refractivity contribution in [2.24, 2.45) is 0 Å². The molecule has 1 saturated heterocycles. The summed E-state index contributed by atoms with van der Waals surface area (Å²) in [5, 5.41) is 1.10. The summed E-state index contributed by atoms with van der Waals surface area (Å²) in [7, 11) is 1.48. The van der Waals surface area contributed by atoms with Gasteiger partial charge in [-0.2, -0.15) is 0 Å². The monoisotopic (exact) mass is 460 g/mol. The summed E-state index contributed by atoms with van der Waals surface area (Å²) in [6, 6.07) is 8.79. The summed E-state index contributed by atoms with van der Waals surface area (Å²) >= 11 is 5.97. The van der Waals surface area contributed by atoms with Gasteiger partial charge in [0.15, 0.2) is 5.78 Å². The van der Waals surface area contributed by atoms with Crippen molar-refractivity contribution in [2.75, 3.05) is 20.2 Å². The summed E-state index contributed by atoms with van der Waals surface area (Å²) in [4.78, 5) is 27.7. The minimum atomic E-state index is -2.65. The smallest absolute Gasteiger partial charge is 0.316 e. The van der Waals surface area contributed by atoms with E-state index in [1.165, 1.54) is 7.11 Å². The number of fused-ring (bicyclic) bond motifs is 1. The molecule has 168 valence electrons. The predicted molar refractivity (Wildman–Crippen MR) is 117 cm³/mol. The minimum absolute atomic E-state index is 0.0403. The topological polar surface area (TPSA) is 68.2 Å². The summed E-state index contributed by atoms with van der Waals surface area (Å²) in [6.45, 7) is 0.489. The molecule has 0 amide bonds. The Kier molecular flexibility index (Phi) is 6.62. The van der Waals surface area contributed by atoms with E-state index in [1.807, 2.05) is 11.0 Å². The number of benzene rings is 1. The molecule has 1 aliphatic heterocycles. The van der Waals surface area contributed by atoms with E-state index in [2.05, 4.69) is 15.0 Å². The first-order chi connectivity index (χ1) is 15.4. The van der Waals surface area contributed by atoms with E-state index in [0.29, 0.717) is 22.7 Å². The van der Waals surface area contributed by atoms with Gasteiger partial charge in [-0.25, -0.2) is 23.7 Å². The molecule has 6 nitrogen and oxygen atoms in total. The molecule has 1 unspecified atom stereocenters. The van der Waals surface area contributed by atoms with Crippen LogP contribution in [0.15, 0.2) is 42.7 Å². The van der Waals surface area contributed by atoms with Gasteiger partial charge in [-0.15, -0.1) is 0 Å². The number of hydrogen-bond donors (Lipinski definition) is 0. The number of aromatic nitrogens is 3. The first-order valence-corrected chi connectivity index (χ1v) is 10.8. The van der Waals surface area contributed by atoms with Gasteiger partial charge < -0.3 is 4.74 Å². The molecule has 4 rings (SSSR count). The lowest BCUT2D eigenvalue weighted by atomic mass is 9.95. The van der Waals surface area contributed by atoms with Crippen molar-refractivity contribution in [1.82, 2.24) is 19.9 Å². The second-order valence-electron chi connectivity index (χ2n) is 7.88. The summed E-state index contributed by atoms with van der Waals surface area (Å²) in [5.41, 5.74) is 2.00. The van der Waals surface area contributed by atoms with E-state index in [0.717, 1.165) is 10.9 Å². The van der Waals surface area contributed by atoms with Crippen LogP contribution in [0.3, 0.4) is 0 Å². The van der Waals surface area contributed by atoms with Gasteiger partial charge in [0.25, 0.3) is 5.92 Å². The van der Waals surface area contributed by atoms with E-state index in [-0.39, 0.29) is 50.2 Å². The highest BCUT2D eigenvalue weighted by Gasteiger charge is 2.36. The standard InChI is InChI=1S/C23H23ClF2N4O2/c1-32-22-27-13-15(14-28-22)19(30-11-9-23(25,26)10-12-30)6-7-20(31)17-3-2-4-18-16(17)5-8-21(24)29-18/h2-5,8,13-14,19H,6-7,9-12H2,1H3. The van der Waals surface area contributed by atoms with Crippen LogP contribution in [-0.2, 0) is 0 Å². The molecular weight excluding hydrogens is 438 g/mol. The first kappa shape index (κ1) is 22.5. The van der Waals surface area contributed by atoms with Gasteiger partial charge in [0.2, 0.25) is 0 Å². The van der Waals surface area contributed by atoms with Crippen molar-refractivity contribution in [1.29, 1.82) is 0 Å². The van der Waals surface area contributed by atoms with Crippen molar-refractivity contribution in [3.63, 3.8) is 0 Å². The van der Waals surface area contributed by atoms with Crippen molar-refractivity contribution in [3.05, 3.63) is 59.0 Å². The summed E-state index contributed by atoms with van der Waals surface area (Å²) < 4.78 is 32.5. The fourth-order valence-corrected chi connectivity index (χ4v) is 4.26. The molecule has 1 aliphatic rings. The van der Waals surface area contributed by atoms with Crippen LogP contribution in [0.4, 0.5) is 8.78 Å². The van der Waals surface area contributed by atoms with E-state index < -0.39 is 5.92 Å². The van der Waals surface area contributed by atoms with Crippen LogP contribution in [0.25, 0.3) is 10.9 Å². The zero-order valence-electron chi connectivity index (χ0n) is 17.6. The number of methoxy groups -OCH3 is 1. The van der Waals surface area contributed by atoms with Gasteiger partial charge in [-0.3, -0.25) is 9.69 Å². The van der Waals surface area contributed by atoms with Crippen LogP contribution in [0, 0.1) is 0 Å². The van der Waals surface area contributed by atoms with Gasteiger partial charge in [-0.1, -0.05) is 23.7 Å². The lowest BCUT2D eigenvalue weighted by Crippen LogP contribution is -2.41. The third-order valence-corrected chi connectivity index (χ3v) is 6.04. The number of rotatable bonds is 7. The van der Waals surface area contributed by atoms with Crippen LogP contribution in [-0.4, -0.2) is 51.8 Å². The normalized spacial score (nSPS) is 17.2. The number of piperidine rings is 1. The highest BCUT2D eigenvalue weighted by atomic mass is 35.5.